The van der Waals surface area contributed by atoms with Crippen molar-refractivity contribution in [2.75, 3.05) is 25.4 Å². The number of nitrogen functional groups attached to an aromatic ring is 1. The standard InChI is InChI=1S/C27H34N12O9S2/c28-9-16-10-32-38(36-16)11-19-22(25(41)39(19)50(44,45)46)35-24(40)21(18-13-49-27(30)34-18)37-48-20(26(42)43)12-47-17-3-1-14(2-4-17)23(29)33-15-5-7-31-8-6-15/h1-4,10,13,15,19-20,22,31H,5-9,11-12,28H2,(H2,29,33)(H2,30,34)(H,35,40)(H,42,43)(H,44,45,46)/b37-21-/t19-,20?,22+/m1/s1. The number of nitrogens with two attached hydrogens (primary N) is 3. The molecule has 23 heteroatoms. The van der Waals surface area contributed by atoms with Crippen LogP contribution in [0.3, 0.4) is 0 Å². The Hall–Kier alpha value is -5.23. The second-order valence-electron chi connectivity index (χ2n) is 11.0. The van der Waals surface area contributed by atoms with E-state index in [9.17, 15) is 32.5 Å². The number of β-lactam (4-membered cyclic amide) rings is 1. The summed E-state index contributed by atoms with van der Waals surface area (Å²) in [7, 11) is -5.03. The molecule has 5 rings (SSSR count). The molecule has 10 N–H and O–H groups in total. The van der Waals surface area contributed by atoms with Crippen molar-refractivity contribution < 1.29 is 42.0 Å². The first-order valence-corrected chi connectivity index (χ1v) is 17.3. The predicted molar refractivity (Wildman–Crippen MR) is 176 cm³/mol. The Kier molecular flexibility index (Phi) is 11.2. The van der Waals surface area contributed by atoms with E-state index < -0.39 is 58.6 Å². The maximum atomic E-state index is 13.4. The molecule has 0 saturated carbocycles. The Morgan fingerprint density at radius 1 is 1.22 bits per heavy atom. The SMILES string of the molecule is NCc1cnn(C[C@@H]2[C@H](NC(=O)/C(=N\OC(COc3ccc(C(N)=NC4CCNCC4)cc3)C(=O)O)c3csc(N)n3)C(=O)N2S(=O)(=O)O)n1. The molecule has 268 valence electrons. The number of nitrogens with one attached hydrogen (secondary N) is 2. The molecule has 21 nitrogen and oxygen atoms in total. The number of amides is 2. The van der Waals surface area contributed by atoms with Gasteiger partial charge in [-0.15, -0.1) is 11.3 Å². The van der Waals surface area contributed by atoms with Crippen LogP contribution in [0.25, 0.3) is 0 Å². The number of rotatable bonds is 15. The van der Waals surface area contributed by atoms with Gasteiger partial charge in [-0.25, -0.2) is 14.1 Å². The van der Waals surface area contributed by atoms with E-state index in [-0.39, 0.29) is 40.0 Å². The minimum absolute atomic E-state index is 0.0270. The summed E-state index contributed by atoms with van der Waals surface area (Å²) in [6.45, 7) is 0.860. The van der Waals surface area contributed by atoms with Crippen LogP contribution in [-0.2, 0) is 42.6 Å². The Morgan fingerprint density at radius 2 is 1.94 bits per heavy atom. The molecule has 2 aliphatic rings. The number of benzene rings is 1. The van der Waals surface area contributed by atoms with Crippen molar-refractivity contribution >= 4 is 56.1 Å². The largest absolute Gasteiger partial charge is 0.489 e. The number of nitrogens with zero attached hydrogens (tertiary/aromatic N) is 7. The molecule has 2 amide bonds. The zero-order valence-electron chi connectivity index (χ0n) is 26.2. The van der Waals surface area contributed by atoms with Crippen molar-refractivity contribution in [3.63, 3.8) is 0 Å². The highest BCUT2D eigenvalue weighted by Gasteiger charge is 2.54. The van der Waals surface area contributed by atoms with Gasteiger partial charge in [0.05, 0.1) is 24.5 Å². The van der Waals surface area contributed by atoms with E-state index in [1.165, 1.54) is 11.6 Å². The van der Waals surface area contributed by atoms with Crippen LogP contribution in [0.15, 0.2) is 46.0 Å². The lowest BCUT2D eigenvalue weighted by molar-refractivity contribution is -0.152. The minimum atomic E-state index is -5.03. The molecule has 0 radical (unpaired) electrons. The summed E-state index contributed by atoms with van der Waals surface area (Å²) < 4.78 is 39.3. The molecule has 3 atom stereocenters. The number of anilines is 1. The van der Waals surface area contributed by atoms with Crippen LogP contribution in [-0.4, -0.2) is 116 Å². The molecule has 4 heterocycles. The molecule has 3 aromatic rings. The van der Waals surface area contributed by atoms with Gasteiger partial charge in [0.1, 0.15) is 36.0 Å². The first-order valence-electron chi connectivity index (χ1n) is 15.0. The summed E-state index contributed by atoms with van der Waals surface area (Å²) in [5.74, 6) is -3.10. The van der Waals surface area contributed by atoms with Crippen LogP contribution in [0.4, 0.5) is 5.13 Å². The second-order valence-corrected chi connectivity index (χ2v) is 13.2. The summed E-state index contributed by atoms with van der Waals surface area (Å²) in [6, 6.07) is 3.76. The predicted octanol–water partition coefficient (Wildman–Crippen LogP) is -2.32. The first-order chi connectivity index (χ1) is 23.8. The third kappa shape index (κ3) is 8.67. The number of thiazole rings is 1. The fraction of sp³-hybridized carbons (Fsp3) is 0.407. The monoisotopic (exact) mass is 734 g/mol. The number of ether oxygens (including phenoxy) is 1. The van der Waals surface area contributed by atoms with Crippen LogP contribution in [0.1, 0.15) is 29.8 Å². The highest BCUT2D eigenvalue weighted by Crippen LogP contribution is 2.25. The van der Waals surface area contributed by atoms with Crippen LogP contribution in [0.5, 0.6) is 5.75 Å². The number of hydrogen-bond donors (Lipinski definition) is 7. The van der Waals surface area contributed by atoms with Gasteiger partial charge in [-0.05, 0) is 50.2 Å². The quantitative estimate of drug-likeness (QED) is 0.0283. The Balaban J connectivity index is 1.28. The fourth-order valence-electron chi connectivity index (χ4n) is 5.00. The highest BCUT2D eigenvalue weighted by molar-refractivity contribution is 7.84. The van der Waals surface area contributed by atoms with Gasteiger partial charge in [-0.1, -0.05) is 5.16 Å². The summed E-state index contributed by atoms with van der Waals surface area (Å²) >= 11 is 0.932. The van der Waals surface area contributed by atoms with Crippen molar-refractivity contribution in [1.82, 2.24) is 34.9 Å². The lowest BCUT2D eigenvalue weighted by atomic mass is 9.98. The van der Waals surface area contributed by atoms with Gasteiger partial charge in [-0.2, -0.15) is 23.4 Å². The van der Waals surface area contributed by atoms with Crippen LogP contribution >= 0.6 is 11.3 Å². The number of aliphatic imine (C=N–C) groups is 1. The van der Waals surface area contributed by atoms with E-state index in [4.69, 9.17) is 26.8 Å². The van der Waals surface area contributed by atoms with Crippen molar-refractivity contribution in [2.45, 2.75) is 50.2 Å². The molecule has 2 aromatic heterocycles. The van der Waals surface area contributed by atoms with Crippen molar-refractivity contribution in [3.8, 4) is 5.75 Å². The van der Waals surface area contributed by atoms with Crippen molar-refractivity contribution in [1.29, 1.82) is 0 Å². The number of aliphatic carboxylic acids is 1. The molecule has 2 aliphatic heterocycles. The molecular weight excluding hydrogens is 701 g/mol. The first kappa shape index (κ1) is 36.1. The van der Waals surface area contributed by atoms with Gasteiger partial charge in [0, 0.05) is 17.5 Å². The highest BCUT2D eigenvalue weighted by atomic mass is 32.2. The van der Waals surface area contributed by atoms with E-state index in [2.05, 4.69) is 36.0 Å². The maximum absolute atomic E-state index is 13.4. The normalized spacial score (nSPS) is 19.5. The van der Waals surface area contributed by atoms with Crippen LogP contribution in [0, 0.1) is 0 Å². The van der Waals surface area contributed by atoms with Crippen LogP contribution < -0.4 is 32.6 Å². The summed E-state index contributed by atoms with van der Waals surface area (Å²) in [5.41, 5.74) is 17.7. The van der Waals surface area contributed by atoms with Gasteiger partial charge in [0.2, 0.25) is 0 Å². The molecule has 2 fully saturated rings. The number of oxime groups is 1. The molecule has 1 aromatic carbocycles. The lowest BCUT2D eigenvalue weighted by Gasteiger charge is -2.43. The minimum Gasteiger partial charge on any atom is -0.489 e. The van der Waals surface area contributed by atoms with Gasteiger partial charge in [-0.3, -0.25) is 19.1 Å². The van der Waals surface area contributed by atoms with Gasteiger partial charge >= 0.3 is 16.3 Å². The topological polar surface area (TPSA) is 318 Å². The van der Waals surface area contributed by atoms with Gasteiger partial charge in [0.25, 0.3) is 17.9 Å². The Labute approximate surface area is 288 Å². The number of carbonyl (C=O) groups is 3. The molecular formula is C27H34N12O9S2. The molecule has 2 saturated heterocycles. The number of hydrogen-bond acceptors (Lipinski definition) is 16. The number of aromatic nitrogens is 4. The maximum Gasteiger partial charge on any atom is 0.362 e. The zero-order valence-corrected chi connectivity index (χ0v) is 27.8. The lowest BCUT2D eigenvalue weighted by Crippen LogP contribution is -2.73. The van der Waals surface area contributed by atoms with Gasteiger partial charge in [0.15, 0.2) is 10.8 Å². The Morgan fingerprint density at radius 3 is 2.54 bits per heavy atom. The smallest absolute Gasteiger partial charge is 0.362 e. The van der Waals surface area contributed by atoms with E-state index in [1.54, 1.807) is 24.3 Å². The number of carboxylic acids is 1. The molecule has 50 heavy (non-hydrogen) atoms. The average Bonchev–Trinajstić information content (AvgIpc) is 3.73. The Bertz CT molecular complexity index is 1870. The summed E-state index contributed by atoms with van der Waals surface area (Å²) in [5, 5.41) is 28.4. The third-order valence-electron chi connectivity index (χ3n) is 7.56. The zero-order chi connectivity index (χ0) is 36.0. The third-order valence-corrected chi connectivity index (χ3v) is 9.18. The van der Waals surface area contributed by atoms with Crippen molar-refractivity contribution in [2.24, 2.45) is 21.6 Å². The summed E-state index contributed by atoms with van der Waals surface area (Å²) in [6.07, 6.45) is 1.36. The molecule has 1 unspecified atom stereocenters. The van der Waals surface area contributed by atoms with E-state index >= 15 is 0 Å². The van der Waals surface area contributed by atoms with Gasteiger partial charge < -0.3 is 42.5 Å². The number of carbonyl (C=O) groups excluding carboxylic acids is 2. The number of carboxylic acid groups (broad SMARTS) is 1. The number of piperidine rings is 1. The molecule has 0 spiro atoms. The van der Waals surface area contributed by atoms with E-state index in [0.29, 0.717) is 17.1 Å². The fourth-order valence-corrected chi connectivity index (χ4v) is 6.42. The molecule has 0 aliphatic carbocycles. The van der Waals surface area contributed by atoms with Crippen molar-refractivity contribution in [3.05, 3.63) is 52.8 Å². The molecule has 0 bridgehead atoms. The average molecular weight is 735 g/mol. The van der Waals surface area contributed by atoms with E-state index in [1.807, 2.05) is 0 Å². The summed E-state index contributed by atoms with van der Waals surface area (Å²) in [4.78, 5) is 53.1. The van der Waals surface area contributed by atoms with Crippen LogP contribution in [0.2, 0.25) is 0 Å². The second kappa shape index (κ2) is 15.5. The number of amidine groups is 1. The van der Waals surface area contributed by atoms with E-state index in [0.717, 1.165) is 42.1 Å².